The van der Waals surface area contributed by atoms with Crippen LogP contribution in [0.25, 0.3) is 0 Å². The Morgan fingerprint density at radius 2 is 1.72 bits per heavy atom. The van der Waals surface area contributed by atoms with Gasteiger partial charge < -0.3 is 10.5 Å². The molecule has 2 rings (SSSR count). The molecule has 0 radical (unpaired) electrons. The molecule has 0 aromatic carbocycles. The summed E-state index contributed by atoms with van der Waals surface area (Å²) in [6, 6.07) is 0.571. The lowest BCUT2D eigenvalue weighted by Crippen LogP contribution is -2.52. The largest absolute Gasteiger partial charge is 0.373 e. The van der Waals surface area contributed by atoms with E-state index in [1.807, 2.05) is 0 Å². The molecule has 1 aliphatic carbocycles. The monoisotopic (exact) mass is 254 g/mol. The summed E-state index contributed by atoms with van der Waals surface area (Å²) >= 11 is 0. The molecular formula is C15H30N2O. The molecule has 1 saturated heterocycles. The van der Waals surface area contributed by atoms with Crippen LogP contribution in [-0.2, 0) is 4.74 Å². The maximum absolute atomic E-state index is 6.03. The number of hydrogen-bond acceptors (Lipinski definition) is 3. The van der Waals surface area contributed by atoms with Gasteiger partial charge in [0.25, 0.3) is 0 Å². The second-order valence-corrected chi connectivity index (χ2v) is 6.34. The van der Waals surface area contributed by atoms with Crippen molar-refractivity contribution in [1.82, 2.24) is 4.90 Å². The Morgan fingerprint density at radius 3 is 2.28 bits per heavy atom. The molecule has 18 heavy (non-hydrogen) atoms. The van der Waals surface area contributed by atoms with Crippen LogP contribution in [-0.4, -0.2) is 42.8 Å². The topological polar surface area (TPSA) is 38.5 Å². The van der Waals surface area contributed by atoms with Crippen LogP contribution in [0.2, 0.25) is 0 Å². The summed E-state index contributed by atoms with van der Waals surface area (Å²) in [4.78, 5) is 2.58. The fraction of sp³-hybridized carbons (Fsp3) is 1.00. The van der Waals surface area contributed by atoms with Gasteiger partial charge in [0.05, 0.1) is 12.2 Å². The lowest BCUT2D eigenvalue weighted by Gasteiger charge is -2.41. The number of nitrogens with zero attached hydrogens (tertiary/aromatic N) is 1. The lowest BCUT2D eigenvalue weighted by atomic mass is 9.84. The Kier molecular flexibility index (Phi) is 5.46. The highest BCUT2D eigenvalue weighted by atomic mass is 16.5. The molecule has 0 aromatic rings. The normalized spacial score (nSPS) is 33.5. The van der Waals surface area contributed by atoms with Crippen molar-refractivity contribution < 1.29 is 4.74 Å². The van der Waals surface area contributed by atoms with E-state index >= 15 is 0 Å². The van der Waals surface area contributed by atoms with E-state index in [2.05, 4.69) is 18.7 Å². The lowest BCUT2D eigenvalue weighted by molar-refractivity contribution is -0.0819. The Morgan fingerprint density at radius 1 is 1.11 bits per heavy atom. The molecule has 3 nitrogen and oxygen atoms in total. The van der Waals surface area contributed by atoms with E-state index in [1.54, 1.807) is 0 Å². The zero-order chi connectivity index (χ0) is 13.0. The van der Waals surface area contributed by atoms with Crippen molar-refractivity contribution in [3.8, 4) is 0 Å². The molecule has 0 aromatic heterocycles. The van der Waals surface area contributed by atoms with E-state index in [9.17, 15) is 0 Å². The number of nitrogens with two attached hydrogens (primary N) is 1. The fourth-order valence-corrected chi connectivity index (χ4v) is 3.72. The molecule has 0 amide bonds. The molecule has 0 spiro atoms. The highest BCUT2D eigenvalue weighted by Gasteiger charge is 2.29. The molecule has 1 saturated carbocycles. The molecule has 106 valence electrons. The van der Waals surface area contributed by atoms with E-state index < -0.39 is 0 Å². The Balaban J connectivity index is 1.86. The summed E-state index contributed by atoms with van der Waals surface area (Å²) in [6.07, 6.45) is 9.15. The standard InChI is InChI=1S/C15H30N2O/c1-12-10-17(11-13(2)18-12)15(9-16)8-14-6-4-3-5-7-14/h12-15H,3-11,16H2,1-2H3/t12-,13+,15?. The van der Waals surface area contributed by atoms with Gasteiger partial charge in [0.15, 0.2) is 0 Å². The van der Waals surface area contributed by atoms with Gasteiger partial charge in [0.1, 0.15) is 0 Å². The number of rotatable bonds is 4. The number of ether oxygens (including phenoxy) is 1. The highest BCUT2D eigenvalue weighted by Crippen LogP contribution is 2.29. The van der Waals surface area contributed by atoms with Crippen LogP contribution in [0.15, 0.2) is 0 Å². The van der Waals surface area contributed by atoms with Crippen LogP contribution in [0.4, 0.5) is 0 Å². The average Bonchev–Trinajstić information content (AvgIpc) is 2.36. The summed E-state index contributed by atoms with van der Waals surface area (Å²) in [6.45, 7) is 7.27. The minimum absolute atomic E-state index is 0.356. The third-order valence-electron chi connectivity index (χ3n) is 4.57. The molecule has 1 aliphatic heterocycles. The number of morpholine rings is 1. The Bertz CT molecular complexity index is 231. The van der Waals surface area contributed by atoms with Gasteiger partial charge in [-0.05, 0) is 26.2 Å². The maximum Gasteiger partial charge on any atom is 0.0678 e. The third-order valence-corrected chi connectivity index (χ3v) is 4.57. The summed E-state index contributed by atoms with van der Waals surface area (Å²) in [5, 5.41) is 0. The van der Waals surface area contributed by atoms with Crippen molar-refractivity contribution >= 4 is 0 Å². The van der Waals surface area contributed by atoms with Crippen LogP contribution in [0.3, 0.4) is 0 Å². The van der Waals surface area contributed by atoms with Gasteiger partial charge in [-0.2, -0.15) is 0 Å². The first-order valence-corrected chi connectivity index (χ1v) is 7.78. The fourth-order valence-electron chi connectivity index (χ4n) is 3.72. The predicted octanol–water partition coefficient (Wildman–Crippen LogP) is 2.39. The first kappa shape index (κ1) is 14.3. The molecule has 2 aliphatic rings. The molecule has 1 unspecified atom stereocenters. The maximum atomic E-state index is 6.03. The zero-order valence-electron chi connectivity index (χ0n) is 12.1. The minimum atomic E-state index is 0.356. The summed E-state index contributed by atoms with van der Waals surface area (Å²) < 4.78 is 5.82. The summed E-state index contributed by atoms with van der Waals surface area (Å²) in [5.41, 5.74) is 6.03. The van der Waals surface area contributed by atoms with Crippen LogP contribution < -0.4 is 5.73 Å². The van der Waals surface area contributed by atoms with Gasteiger partial charge in [-0.3, -0.25) is 4.90 Å². The minimum Gasteiger partial charge on any atom is -0.373 e. The molecular weight excluding hydrogens is 224 g/mol. The van der Waals surface area contributed by atoms with E-state index in [4.69, 9.17) is 10.5 Å². The first-order chi connectivity index (χ1) is 8.69. The molecule has 3 atom stereocenters. The van der Waals surface area contributed by atoms with Gasteiger partial charge in [0, 0.05) is 25.7 Å². The molecule has 1 heterocycles. The summed E-state index contributed by atoms with van der Waals surface area (Å²) in [7, 11) is 0. The highest BCUT2D eigenvalue weighted by molar-refractivity contribution is 4.83. The SMILES string of the molecule is C[C@@H]1CN(C(CN)CC2CCCCC2)C[C@H](C)O1. The van der Waals surface area contributed by atoms with Crippen molar-refractivity contribution in [3.63, 3.8) is 0 Å². The Hall–Kier alpha value is -0.120. The van der Waals surface area contributed by atoms with E-state index in [-0.39, 0.29) is 0 Å². The van der Waals surface area contributed by atoms with E-state index in [0.29, 0.717) is 18.2 Å². The van der Waals surface area contributed by atoms with Crippen molar-refractivity contribution in [2.24, 2.45) is 11.7 Å². The second-order valence-electron chi connectivity index (χ2n) is 6.34. The van der Waals surface area contributed by atoms with Gasteiger partial charge in [-0.25, -0.2) is 0 Å². The van der Waals surface area contributed by atoms with Gasteiger partial charge in [-0.15, -0.1) is 0 Å². The first-order valence-electron chi connectivity index (χ1n) is 7.78. The van der Waals surface area contributed by atoms with Crippen molar-refractivity contribution in [2.75, 3.05) is 19.6 Å². The third kappa shape index (κ3) is 3.94. The van der Waals surface area contributed by atoms with Crippen LogP contribution in [0.1, 0.15) is 52.4 Å². The molecule has 2 fully saturated rings. The number of hydrogen-bond donors (Lipinski definition) is 1. The molecule has 2 N–H and O–H groups in total. The van der Waals surface area contributed by atoms with Crippen LogP contribution in [0, 0.1) is 5.92 Å². The van der Waals surface area contributed by atoms with Crippen molar-refractivity contribution in [2.45, 2.75) is 70.6 Å². The smallest absolute Gasteiger partial charge is 0.0678 e. The van der Waals surface area contributed by atoms with E-state index in [0.717, 1.165) is 25.6 Å². The second kappa shape index (κ2) is 6.88. The van der Waals surface area contributed by atoms with Gasteiger partial charge in [0.2, 0.25) is 0 Å². The zero-order valence-corrected chi connectivity index (χ0v) is 12.1. The predicted molar refractivity (Wildman–Crippen MR) is 75.6 cm³/mol. The molecule has 0 bridgehead atoms. The van der Waals surface area contributed by atoms with Crippen molar-refractivity contribution in [1.29, 1.82) is 0 Å². The Labute approximate surface area is 112 Å². The average molecular weight is 254 g/mol. The summed E-state index contributed by atoms with van der Waals surface area (Å²) in [5.74, 6) is 0.917. The van der Waals surface area contributed by atoms with Gasteiger partial charge in [-0.1, -0.05) is 32.1 Å². The quantitative estimate of drug-likeness (QED) is 0.837. The van der Waals surface area contributed by atoms with Crippen LogP contribution in [0.5, 0.6) is 0 Å². The van der Waals surface area contributed by atoms with E-state index in [1.165, 1.54) is 38.5 Å². The molecule has 3 heteroatoms. The van der Waals surface area contributed by atoms with Crippen LogP contribution >= 0.6 is 0 Å². The van der Waals surface area contributed by atoms with Crippen molar-refractivity contribution in [3.05, 3.63) is 0 Å². The van der Waals surface area contributed by atoms with Gasteiger partial charge >= 0.3 is 0 Å².